The predicted molar refractivity (Wildman–Crippen MR) is 59.1 cm³/mol. The molecule has 3 rings (SSSR count). The van der Waals surface area contributed by atoms with Crippen LogP contribution in [-0.4, -0.2) is 0 Å². The molecule has 0 saturated heterocycles. The molecule has 0 saturated carbocycles. The van der Waals surface area contributed by atoms with Gasteiger partial charge in [0, 0.05) is 0 Å². The molecule has 0 bridgehead atoms. The van der Waals surface area contributed by atoms with E-state index in [0.717, 1.165) is 21.5 Å². The van der Waals surface area contributed by atoms with Gasteiger partial charge in [-0.15, -0.1) is 24.3 Å². The van der Waals surface area contributed by atoms with Gasteiger partial charge in [0.15, 0.2) is 0 Å². The second-order valence-electron chi connectivity index (χ2n) is 3.34. The van der Waals surface area contributed by atoms with Crippen molar-refractivity contribution < 1.29 is 37.7 Å². The summed E-state index contributed by atoms with van der Waals surface area (Å²) >= 11 is 0. The topological polar surface area (TPSA) is 0 Å². The van der Waals surface area contributed by atoms with E-state index in [1.165, 1.54) is 0 Å². The summed E-state index contributed by atoms with van der Waals surface area (Å²) < 4.78 is 0. The molecule has 0 aliphatic heterocycles. The molecule has 0 fully saturated rings. The molecule has 2 heteroatoms. The van der Waals surface area contributed by atoms with Crippen LogP contribution >= 0.6 is 0 Å². The van der Waals surface area contributed by atoms with Crippen molar-refractivity contribution in [1.82, 2.24) is 0 Å². The molecule has 66 valence electrons. The SMILES string of the molecule is [Li+].[Li+].[c-]1c2ccccc2[c-]c2ccccc12. The fourth-order valence-electron chi connectivity index (χ4n) is 1.69. The summed E-state index contributed by atoms with van der Waals surface area (Å²) in [6.07, 6.45) is 0. The molecular weight excluding hydrogens is 182 g/mol. The van der Waals surface area contributed by atoms with Crippen molar-refractivity contribution in [3.05, 3.63) is 60.7 Å². The van der Waals surface area contributed by atoms with Gasteiger partial charge in [-0.1, -0.05) is 0 Å². The van der Waals surface area contributed by atoms with Crippen LogP contribution in [0.3, 0.4) is 0 Å². The molecule has 0 nitrogen and oxygen atoms in total. The minimum Gasteiger partial charge on any atom is -0.199 e. The molecule has 0 N–H and O–H groups in total. The van der Waals surface area contributed by atoms with E-state index in [-0.39, 0.29) is 37.7 Å². The van der Waals surface area contributed by atoms with Crippen LogP contribution in [-0.2, 0) is 0 Å². The summed E-state index contributed by atoms with van der Waals surface area (Å²) in [5.41, 5.74) is 0. The van der Waals surface area contributed by atoms with Crippen molar-refractivity contribution in [2.75, 3.05) is 0 Å². The van der Waals surface area contributed by atoms with Gasteiger partial charge in [-0.05, 0) is 0 Å². The van der Waals surface area contributed by atoms with Gasteiger partial charge in [-0.2, -0.15) is 57.9 Å². The molecule has 0 heterocycles. The first-order valence-corrected chi connectivity index (χ1v) is 4.65. The smallest absolute Gasteiger partial charge is 0.199 e. The van der Waals surface area contributed by atoms with Gasteiger partial charge in [-0.25, -0.2) is 0 Å². The monoisotopic (exact) mass is 190 g/mol. The molecule has 0 spiro atoms. The van der Waals surface area contributed by atoms with Gasteiger partial charge in [0.25, 0.3) is 0 Å². The van der Waals surface area contributed by atoms with Gasteiger partial charge in [-0.3, -0.25) is 0 Å². The molecule has 0 amide bonds. The van der Waals surface area contributed by atoms with E-state index in [2.05, 4.69) is 36.4 Å². The minimum atomic E-state index is 0. The fraction of sp³-hybridized carbons (Fsp3) is 0. The Morgan fingerprint density at radius 3 is 1.00 bits per heavy atom. The maximum absolute atomic E-state index is 3.38. The van der Waals surface area contributed by atoms with Crippen LogP contribution < -0.4 is 37.7 Å². The van der Waals surface area contributed by atoms with Crippen LogP contribution in [0.1, 0.15) is 0 Å². The van der Waals surface area contributed by atoms with Crippen LogP contribution in [0.25, 0.3) is 21.5 Å². The third-order valence-corrected chi connectivity index (χ3v) is 2.39. The first kappa shape index (κ1) is 13.4. The number of benzene rings is 3. The Morgan fingerprint density at radius 2 is 0.750 bits per heavy atom. The average molecular weight is 190 g/mol. The Labute approximate surface area is 119 Å². The van der Waals surface area contributed by atoms with Crippen LogP contribution in [0.2, 0.25) is 0 Å². The molecule has 3 aromatic rings. The van der Waals surface area contributed by atoms with E-state index in [1.807, 2.05) is 24.3 Å². The van der Waals surface area contributed by atoms with Crippen LogP contribution in [0.4, 0.5) is 0 Å². The van der Waals surface area contributed by atoms with Gasteiger partial charge in [0.05, 0.1) is 0 Å². The zero-order valence-electron chi connectivity index (χ0n) is 9.62. The van der Waals surface area contributed by atoms with E-state index in [0.29, 0.717) is 0 Å². The van der Waals surface area contributed by atoms with Crippen molar-refractivity contribution in [2.45, 2.75) is 0 Å². The Morgan fingerprint density at radius 1 is 0.500 bits per heavy atom. The first-order chi connectivity index (χ1) is 6.93. The quantitative estimate of drug-likeness (QED) is 0.211. The maximum Gasteiger partial charge on any atom is 1.00 e. The summed E-state index contributed by atoms with van der Waals surface area (Å²) in [4.78, 5) is 0. The van der Waals surface area contributed by atoms with E-state index >= 15 is 0 Å². The van der Waals surface area contributed by atoms with Crippen LogP contribution in [0.5, 0.6) is 0 Å². The van der Waals surface area contributed by atoms with Gasteiger partial charge >= 0.3 is 37.7 Å². The average Bonchev–Trinajstić information content (AvgIpc) is 2.26. The Hall–Kier alpha value is -0.625. The second kappa shape index (κ2) is 5.63. The number of fused-ring (bicyclic) bond motifs is 2. The van der Waals surface area contributed by atoms with Crippen molar-refractivity contribution in [1.29, 1.82) is 0 Å². The van der Waals surface area contributed by atoms with Crippen molar-refractivity contribution in [3.8, 4) is 0 Å². The van der Waals surface area contributed by atoms with Crippen LogP contribution in [0, 0.1) is 12.1 Å². The van der Waals surface area contributed by atoms with Crippen molar-refractivity contribution in [2.24, 2.45) is 0 Å². The predicted octanol–water partition coefficient (Wildman–Crippen LogP) is -2.40. The fourth-order valence-corrected chi connectivity index (χ4v) is 1.69. The van der Waals surface area contributed by atoms with Crippen LogP contribution in [0.15, 0.2) is 48.5 Å². The molecule has 3 aromatic carbocycles. The van der Waals surface area contributed by atoms with Crippen molar-refractivity contribution >= 4 is 21.5 Å². The summed E-state index contributed by atoms with van der Waals surface area (Å²) in [6.45, 7) is 0. The molecule has 0 aliphatic carbocycles. The Bertz CT molecular complexity index is 497. The molecule has 0 atom stereocenters. The molecule has 16 heavy (non-hydrogen) atoms. The molecule has 0 radical (unpaired) electrons. The summed E-state index contributed by atoms with van der Waals surface area (Å²) in [6, 6.07) is 23.1. The normalized spacial score (nSPS) is 9.50. The molecule has 0 unspecified atom stereocenters. The Balaban J connectivity index is 0.000000640. The van der Waals surface area contributed by atoms with E-state index in [9.17, 15) is 0 Å². The molecular formula is C14H8Li2. The number of rotatable bonds is 0. The standard InChI is InChI=1S/C14H8.2Li/c1-2-6-12-10-14-8-4-3-7-13(14)9-11(12)5-1;;/h1-8H;;/q-2;2*+1. The summed E-state index contributed by atoms with van der Waals surface area (Å²) in [5, 5.41) is 4.52. The first-order valence-electron chi connectivity index (χ1n) is 4.65. The molecule has 0 aromatic heterocycles. The van der Waals surface area contributed by atoms with Gasteiger partial charge in [0.2, 0.25) is 0 Å². The van der Waals surface area contributed by atoms with Gasteiger partial charge < -0.3 is 0 Å². The van der Waals surface area contributed by atoms with E-state index in [4.69, 9.17) is 0 Å². The van der Waals surface area contributed by atoms with E-state index < -0.39 is 0 Å². The zero-order chi connectivity index (χ0) is 9.38. The Kier molecular flexibility index (Phi) is 4.73. The zero-order valence-corrected chi connectivity index (χ0v) is 9.62. The van der Waals surface area contributed by atoms with Crippen molar-refractivity contribution in [3.63, 3.8) is 0 Å². The summed E-state index contributed by atoms with van der Waals surface area (Å²) in [5.74, 6) is 0. The minimum absolute atomic E-state index is 0. The maximum atomic E-state index is 3.38. The van der Waals surface area contributed by atoms with Gasteiger partial charge in [0.1, 0.15) is 0 Å². The third kappa shape index (κ3) is 2.37. The summed E-state index contributed by atoms with van der Waals surface area (Å²) in [7, 11) is 0. The molecule has 0 aliphatic rings. The number of hydrogen-bond acceptors (Lipinski definition) is 0. The largest absolute Gasteiger partial charge is 1.00 e. The third-order valence-electron chi connectivity index (χ3n) is 2.39. The number of hydrogen-bond donors (Lipinski definition) is 0. The second-order valence-corrected chi connectivity index (χ2v) is 3.34. The van der Waals surface area contributed by atoms with E-state index in [1.54, 1.807) is 0 Å².